The summed E-state index contributed by atoms with van der Waals surface area (Å²) in [7, 11) is 0. The van der Waals surface area contributed by atoms with Gasteiger partial charge >= 0.3 is 0 Å². The van der Waals surface area contributed by atoms with Crippen molar-refractivity contribution in [3.63, 3.8) is 0 Å². The first kappa shape index (κ1) is 25.7. The molecule has 0 spiro atoms. The lowest BCUT2D eigenvalue weighted by Crippen LogP contribution is -2.71. The van der Waals surface area contributed by atoms with Gasteiger partial charge in [-0.2, -0.15) is 0 Å². The number of benzene rings is 2. The summed E-state index contributed by atoms with van der Waals surface area (Å²) in [5, 5.41) is 32.7. The Hall–Kier alpha value is -2.36. The number of aliphatic hydroxyl groups excluding tert-OH is 2. The van der Waals surface area contributed by atoms with E-state index in [9.17, 15) is 15.3 Å². The molecule has 2 saturated heterocycles. The second-order valence-electron chi connectivity index (χ2n) is 9.04. The Kier molecular flexibility index (Phi) is 7.88. The number of aliphatic hydroxyl groups is 3. The molecule has 2 bridgehead atoms. The fourth-order valence-electron chi connectivity index (χ4n) is 5.15. The van der Waals surface area contributed by atoms with Gasteiger partial charge < -0.3 is 34.3 Å². The number of rotatable bonds is 12. The zero-order chi connectivity index (χ0) is 24.9. The van der Waals surface area contributed by atoms with Crippen LogP contribution in [0, 0.1) is 0 Å². The van der Waals surface area contributed by atoms with Gasteiger partial charge in [0.2, 0.25) is 0 Å². The molecule has 2 aromatic rings. The van der Waals surface area contributed by atoms with E-state index in [2.05, 4.69) is 13.2 Å². The maximum atomic E-state index is 11.7. The third kappa shape index (κ3) is 4.49. The van der Waals surface area contributed by atoms with Crippen molar-refractivity contribution in [1.29, 1.82) is 0 Å². The summed E-state index contributed by atoms with van der Waals surface area (Å²) >= 11 is 0. The van der Waals surface area contributed by atoms with Crippen LogP contribution in [0.25, 0.3) is 0 Å². The van der Waals surface area contributed by atoms with E-state index in [1.54, 1.807) is 6.08 Å². The first-order valence-electron chi connectivity index (χ1n) is 11.9. The largest absolute Gasteiger partial charge is 0.394 e. The first-order chi connectivity index (χ1) is 17.0. The summed E-state index contributed by atoms with van der Waals surface area (Å²) in [6.45, 7) is 6.90. The minimum absolute atomic E-state index is 0.191. The molecule has 2 fully saturated rings. The highest BCUT2D eigenvalue weighted by atomic mass is 16.8. The average molecular weight is 483 g/mol. The summed E-state index contributed by atoms with van der Waals surface area (Å²) in [4.78, 5) is 0. The molecule has 0 aromatic heterocycles. The lowest BCUT2D eigenvalue weighted by molar-refractivity contribution is -0.392. The van der Waals surface area contributed by atoms with E-state index in [1.807, 2.05) is 60.7 Å². The van der Waals surface area contributed by atoms with Crippen LogP contribution in [0.15, 0.2) is 86.0 Å². The molecular formula is C28H34O7. The number of fused-ring (bicyclic) bond motifs is 2. The Morgan fingerprint density at radius 3 is 1.94 bits per heavy atom. The molecule has 0 amide bonds. The van der Waals surface area contributed by atoms with Crippen LogP contribution in [0.5, 0.6) is 0 Å². The standard InChI is InChI=1S/C28H34O7/c1-3-5-16-28-25(33-19-22-14-10-7-11-15-22)24(32-18-21-12-8-6-9-13-21)27(20-30,35-28)26(31,4-2)23(17-29)34-28/h3-4,6-15,23-25,29-31H,1-2,5,16-20H2/t23-,24-,25-,26+,27-,28+/m1/s1. The Bertz CT molecular complexity index is 983. The van der Waals surface area contributed by atoms with Crippen LogP contribution < -0.4 is 0 Å². The molecule has 7 nitrogen and oxygen atoms in total. The molecule has 6 atom stereocenters. The highest BCUT2D eigenvalue weighted by Crippen LogP contribution is 2.56. The number of hydrogen-bond donors (Lipinski definition) is 3. The summed E-state index contributed by atoms with van der Waals surface area (Å²) in [6.07, 6.45) is 0.938. The number of ether oxygens (including phenoxy) is 4. The van der Waals surface area contributed by atoms with E-state index in [0.717, 1.165) is 11.1 Å². The van der Waals surface area contributed by atoms with Gasteiger partial charge in [0.05, 0.1) is 26.4 Å². The Morgan fingerprint density at radius 1 is 0.886 bits per heavy atom. The van der Waals surface area contributed by atoms with Crippen molar-refractivity contribution in [3.8, 4) is 0 Å². The van der Waals surface area contributed by atoms with Gasteiger partial charge in [-0.25, -0.2) is 0 Å². The summed E-state index contributed by atoms with van der Waals surface area (Å²) < 4.78 is 25.5. The molecule has 2 aliphatic rings. The van der Waals surface area contributed by atoms with Gasteiger partial charge in [-0.15, -0.1) is 13.2 Å². The van der Waals surface area contributed by atoms with Crippen molar-refractivity contribution in [2.24, 2.45) is 0 Å². The molecule has 0 unspecified atom stereocenters. The van der Waals surface area contributed by atoms with Crippen molar-refractivity contribution in [2.75, 3.05) is 13.2 Å². The molecule has 2 aromatic carbocycles. The van der Waals surface area contributed by atoms with Gasteiger partial charge in [-0.3, -0.25) is 0 Å². The van der Waals surface area contributed by atoms with E-state index in [0.29, 0.717) is 12.8 Å². The predicted octanol–water partition coefficient (Wildman–Crippen LogP) is 2.89. The maximum absolute atomic E-state index is 11.7. The molecule has 0 saturated carbocycles. The van der Waals surface area contributed by atoms with Crippen molar-refractivity contribution in [1.82, 2.24) is 0 Å². The van der Waals surface area contributed by atoms with Crippen LogP contribution in [-0.4, -0.2) is 63.8 Å². The third-order valence-electron chi connectivity index (χ3n) is 6.99. The zero-order valence-corrected chi connectivity index (χ0v) is 19.8. The molecule has 7 heteroatoms. The van der Waals surface area contributed by atoms with Gasteiger partial charge in [-0.05, 0) is 17.5 Å². The summed E-state index contributed by atoms with van der Waals surface area (Å²) in [5.41, 5.74) is -1.78. The van der Waals surface area contributed by atoms with E-state index in [1.165, 1.54) is 6.08 Å². The minimum atomic E-state index is -1.94. The van der Waals surface area contributed by atoms with Gasteiger partial charge in [0.25, 0.3) is 0 Å². The molecular weight excluding hydrogens is 448 g/mol. The van der Waals surface area contributed by atoms with Crippen molar-refractivity contribution in [2.45, 2.75) is 61.4 Å². The van der Waals surface area contributed by atoms with Crippen molar-refractivity contribution < 1.29 is 34.3 Å². The second kappa shape index (κ2) is 10.7. The number of allylic oxidation sites excluding steroid dienone is 1. The molecule has 2 heterocycles. The monoisotopic (exact) mass is 482 g/mol. The number of hydrogen-bond acceptors (Lipinski definition) is 7. The molecule has 0 radical (unpaired) electrons. The molecule has 35 heavy (non-hydrogen) atoms. The van der Waals surface area contributed by atoms with Gasteiger partial charge in [0.15, 0.2) is 11.4 Å². The molecule has 3 N–H and O–H groups in total. The third-order valence-corrected chi connectivity index (χ3v) is 6.99. The van der Waals surface area contributed by atoms with Crippen molar-refractivity contribution >= 4 is 0 Å². The SMILES string of the molecule is C=CCC[C@]12O[C@H](CO)[C@@](O)(C=C)[C@](CO)(O1)[C@H](OCc1ccccc1)[C@H]2OCc1ccccc1. The van der Waals surface area contributed by atoms with Crippen LogP contribution in [0.2, 0.25) is 0 Å². The second-order valence-corrected chi connectivity index (χ2v) is 9.04. The normalized spacial score (nSPS) is 34.0. The van der Waals surface area contributed by atoms with Crippen LogP contribution in [0.4, 0.5) is 0 Å². The molecule has 2 aliphatic heterocycles. The lowest BCUT2D eigenvalue weighted by Gasteiger charge is -2.52. The van der Waals surface area contributed by atoms with Crippen LogP contribution >= 0.6 is 0 Å². The van der Waals surface area contributed by atoms with Crippen LogP contribution in [0.1, 0.15) is 24.0 Å². The Morgan fingerprint density at radius 2 is 1.46 bits per heavy atom. The van der Waals surface area contributed by atoms with Gasteiger partial charge in [-0.1, -0.05) is 72.8 Å². The molecule has 0 aliphatic carbocycles. The van der Waals surface area contributed by atoms with Crippen molar-refractivity contribution in [3.05, 3.63) is 97.1 Å². The average Bonchev–Trinajstić information content (AvgIpc) is 3.15. The van der Waals surface area contributed by atoms with E-state index in [4.69, 9.17) is 18.9 Å². The first-order valence-corrected chi connectivity index (χ1v) is 11.9. The quantitative estimate of drug-likeness (QED) is 0.400. The van der Waals surface area contributed by atoms with E-state index < -0.39 is 48.5 Å². The fraction of sp³-hybridized carbons (Fsp3) is 0.429. The van der Waals surface area contributed by atoms with E-state index in [-0.39, 0.29) is 13.2 Å². The maximum Gasteiger partial charge on any atom is 0.199 e. The topological polar surface area (TPSA) is 97.6 Å². The minimum Gasteiger partial charge on any atom is -0.394 e. The highest BCUT2D eigenvalue weighted by Gasteiger charge is 2.77. The zero-order valence-electron chi connectivity index (χ0n) is 19.8. The van der Waals surface area contributed by atoms with Crippen LogP contribution in [-0.2, 0) is 32.2 Å². The Balaban J connectivity index is 1.77. The summed E-state index contributed by atoms with van der Waals surface area (Å²) in [6, 6.07) is 19.2. The fourth-order valence-corrected chi connectivity index (χ4v) is 5.15. The lowest BCUT2D eigenvalue weighted by atomic mass is 9.75. The predicted molar refractivity (Wildman–Crippen MR) is 130 cm³/mol. The summed E-state index contributed by atoms with van der Waals surface area (Å²) in [5.74, 6) is -1.39. The molecule has 4 rings (SSSR count). The van der Waals surface area contributed by atoms with Gasteiger partial charge in [0, 0.05) is 6.42 Å². The van der Waals surface area contributed by atoms with E-state index >= 15 is 0 Å². The van der Waals surface area contributed by atoms with Crippen LogP contribution in [0.3, 0.4) is 0 Å². The van der Waals surface area contributed by atoms with Gasteiger partial charge in [0.1, 0.15) is 23.9 Å². The Labute approximate surface area is 206 Å². The smallest absolute Gasteiger partial charge is 0.199 e. The highest BCUT2D eigenvalue weighted by molar-refractivity contribution is 5.28. The molecule has 188 valence electrons.